The number of allylic oxidation sites excluding steroid dienone is 1. The largest absolute Gasteiger partial charge is 0.345 e. The molecule has 1 heterocycles. The van der Waals surface area contributed by atoms with E-state index in [1.165, 1.54) is 44.8 Å². The molecule has 0 radical (unpaired) electrons. The van der Waals surface area contributed by atoms with E-state index in [4.69, 9.17) is 0 Å². The van der Waals surface area contributed by atoms with Gasteiger partial charge in [0.2, 0.25) is 0 Å². The molecule has 0 aromatic heterocycles. The van der Waals surface area contributed by atoms with Crippen LogP contribution in [0.15, 0.2) is 42.1 Å². The first-order chi connectivity index (χ1) is 12.5. The van der Waals surface area contributed by atoms with E-state index < -0.39 is 0 Å². The Kier molecular flexibility index (Phi) is 5.52. The van der Waals surface area contributed by atoms with Crippen molar-refractivity contribution in [2.24, 2.45) is 0 Å². The fourth-order valence-electron chi connectivity index (χ4n) is 4.39. The van der Waals surface area contributed by atoms with Gasteiger partial charge in [0.25, 0.3) is 0 Å². The molecule has 0 spiro atoms. The third kappa shape index (κ3) is 3.31. The summed E-state index contributed by atoms with van der Waals surface area (Å²) in [4.78, 5) is 2.47. The molecular formula is C24H32N2. The molecule has 3 rings (SSSR count). The molecule has 26 heavy (non-hydrogen) atoms. The summed E-state index contributed by atoms with van der Waals surface area (Å²) in [5.41, 5.74) is 10.9. The maximum absolute atomic E-state index is 3.72. The topological polar surface area (TPSA) is 15.3 Å². The van der Waals surface area contributed by atoms with Gasteiger partial charge < -0.3 is 10.2 Å². The Morgan fingerprint density at radius 3 is 2.31 bits per heavy atom. The van der Waals surface area contributed by atoms with Crippen molar-refractivity contribution >= 4 is 5.69 Å². The van der Waals surface area contributed by atoms with E-state index in [2.05, 4.69) is 88.2 Å². The van der Waals surface area contributed by atoms with Crippen molar-refractivity contribution in [3.63, 3.8) is 0 Å². The van der Waals surface area contributed by atoms with Gasteiger partial charge >= 0.3 is 0 Å². The number of nitrogens with zero attached hydrogens (tertiary/aromatic N) is 1. The van der Waals surface area contributed by atoms with Crippen LogP contribution in [0.3, 0.4) is 0 Å². The summed E-state index contributed by atoms with van der Waals surface area (Å²) in [6, 6.07) is 11.7. The summed E-state index contributed by atoms with van der Waals surface area (Å²) in [6.07, 6.45) is 3.52. The van der Waals surface area contributed by atoms with Crippen LogP contribution in [0.5, 0.6) is 0 Å². The highest BCUT2D eigenvalue weighted by molar-refractivity contribution is 5.87. The van der Waals surface area contributed by atoms with E-state index in [1.807, 2.05) is 0 Å². The van der Waals surface area contributed by atoms with Crippen LogP contribution in [0.1, 0.15) is 55.5 Å². The zero-order valence-electron chi connectivity index (χ0n) is 17.1. The minimum Gasteiger partial charge on any atom is -0.345 e. The standard InChI is InChI=1S/C24H32N2/c1-7-12-25-22-15-19(6)26(8-2)24-20(22)10-9-11-21(24)23-17(4)13-16(3)14-18(23)5/h9-11,13-15,22,25H,7-8,12H2,1-6H3. The van der Waals surface area contributed by atoms with Gasteiger partial charge in [-0.25, -0.2) is 0 Å². The van der Waals surface area contributed by atoms with Gasteiger partial charge in [-0.15, -0.1) is 0 Å². The van der Waals surface area contributed by atoms with Gasteiger partial charge in [-0.1, -0.05) is 42.8 Å². The second-order valence-corrected chi connectivity index (χ2v) is 7.50. The lowest BCUT2D eigenvalue weighted by Gasteiger charge is -2.36. The van der Waals surface area contributed by atoms with Crippen molar-refractivity contribution < 1.29 is 0 Å². The molecule has 2 heteroatoms. The van der Waals surface area contributed by atoms with Crippen molar-refractivity contribution in [3.8, 4) is 11.1 Å². The lowest BCUT2D eigenvalue weighted by Crippen LogP contribution is -2.32. The number of nitrogens with one attached hydrogen (secondary N) is 1. The summed E-state index contributed by atoms with van der Waals surface area (Å²) in [7, 11) is 0. The lowest BCUT2D eigenvalue weighted by atomic mass is 9.87. The fourth-order valence-corrected chi connectivity index (χ4v) is 4.39. The van der Waals surface area contributed by atoms with Gasteiger partial charge in [0.15, 0.2) is 0 Å². The van der Waals surface area contributed by atoms with E-state index in [-0.39, 0.29) is 0 Å². The molecule has 1 atom stereocenters. The maximum atomic E-state index is 3.72. The van der Waals surface area contributed by atoms with Crippen LogP contribution in [0.25, 0.3) is 11.1 Å². The van der Waals surface area contributed by atoms with Gasteiger partial charge in [-0.05, 0) is 75.9 Å². The number of fused-ring (bicyclic) bond motifs is 1. The van der Waals surface area contributed by atoms with Crippen molar-refractivity contribution in [2.45, 2.75) is 54.0 Å². The number of para-hydroxylation sites is 1. The Morgan fingerprint density at radius 2 is 1.69 bits per heavy atom. The first kappa shape index (κ1) is 18.7. The number of rotatable bonds is 5. The van der Waals surface area contributed by atoms with Crippen LogP contribution >= 0.6 is 0 Å². The SMILES string of the molecule is CCCNC1C=C(C)N(CC)c2c(-c3c(C)cc(C)cc3C)cccc21. The highest BCUT2D eigenvalue weighted by Crippen LogP contribution is 2.44. The molecule has 0 bridgehead atoms. The molecule has 1 N–H and O–H groups in total. The quantitative estimate of drug-likeness (QED) is 0.706. The molecule has 138 valence electrons. The number of aryl methyl sites for hydroxylation is 3. The monoisotopic (exact) mass is 348 g/mol. The summed E-state index contributed by atoms with van der Waals surface area (Å²) in [5, 5.41) is 3.72. The predicted octanol–water partition coefficient (Wildman–Crippen LogP) is 6.06. The summed E-state index contributed by atoms with van der Waals surface area (Å²) >= 11 is 0. The molecule has 1 aliphatic rings. The van der Waals surface area contributed by atoms with E-state index in [9.17, 15) is 0 Å². The smallest absolute Gasteiger partial charge is 0.0546 e. The van der Waals surface area contributed by atoms with E-state index in [1.54, 1.807) is 0 Å². The Bertz CT molecular complexity index is 809. The number of anilines is 1. The number of benzene rings is 2. The minimum absolute atomic E-state index is 0.291. The molecule has 0 amide bonds. The third-order valence-corrected chi connectivity index (χ3v) is 5.38. The van der Waals surface area contributed by atoms with Crippen molar-refractivity contribution in [1.82, 2.24) is 5.32 Å². The van der Waals surface area contributed by atoms with Gasteiger partial charge in [0.1, 0.15) is 0 Å². The molecule has 2 aromatic rings. The summed E-state index contributed by atoms with van der Waals surface area (Å²) in [5.74, 6) is 0. The maximum Gasteiger partial charge on any atom is 0.0546 e. The molecular weight excluding hydrogens is 316 g/mol. The first-order valence-electron chi connectivity index (χ1n) is 9.88. The normalized spacial score (nSPS) is 16.5. The average molecular weight is 349 g/mol. The zero-order valence-corrected chi connectivity index (χ0v) is 17.1. The Morgan fingerprint density at radius 1 is 1.00 bits per heavy atom. The zero-order chi connectivity index (χ0) is 18.8. The van der Waals surface area contributed by atoms with E-state index in [0.717, 1.165) is 19.5 Å². The van der Waals surface area contributed by atoms with Crippen LogP contribution in [0, 0.1) is 20.8 Å². The van der Waals surface area contributed by atoms with Gasteiger partial charge in [0.05, 0.1) is 11.7 Å². The molecule has 0 saturated heterocycles. The molecule has 2 aromatic carbocycles. The number of hydrogen-bond acceptors (Lipinski definition) is 2. The van der Waals surface area contributed by atoms with Crippen LogP contribution in [0.4, 0.5) is 5.69 Å². The van der Waals surface area contributed by atoms with Crippen LogP contribution in [-0.4, -0.2) is 13.1 Å². The van der Waals surface area contributed by atoms with Crippen molar-refractivity contribution in [3.05, 3.63) is 64.4 Å². The average Bonchev–Trinajstić information content (AvgIpc) is 2.59. The minimum atomic E-state index is 0.291. The van der Waals surface area contributed by atoms with Gasteiger partial charge in [-0.2, -0.15) is 0 Å². The number of hydrogen-bond donors (Lipinski definition) is 1. The van der Waals surface area contributed by atoms with Gasteiger partial charge in [-0.3, -0.25) is 0 Å². The Balaban J connectivity index is 2.23. The summed E-state index contributed by atoms with van der Waals surface area (Å²) < 4.78 is 0. The van der Waals surface area contributed by atoms with E-state index >= 15 is 0 Å². The molecule has 0 saturated carbocycles. The summed E-state index contributed by atoms with van der Waals surface area (Å²) in [6.45, 7) is 15.4. The Labute approximate surface area is 158 Å². The fraction of sp³-hybridized carbons (Fsp3) is 0.417. The van der Waals surface area contributed by atoms with E-state index in [0.29, 0.717) is 6.04 Å². The van der Waals surface area contributed by atoms with Gasteiger partial charge in [0, 0.05) is 17.8 Å². The molecule has 0 fully saturated rings. The van der Waals surface area contributed by atoms with Crippen LogP contribution in [-0.2, 0) is 0 Å². The first-order valence-corrected chi connectivity index (χ1v) is 9.88. The van der Waals surface area contributed by atoms with Crippen LogP contribution in [0.2, 0.25) is 0 Å². The van der Waals surface area contributed by atoms with Crippen molar-refractivity contribution in [1.29, 1.82) is 0 Å². The predicted molar refractivity (Wildman–Crippen MR) is 114 cm³/mol. The molecule has 2 nitrogen and oxygen atoms in total. The van der Waals surface area contributed by atoms with Crippen molar-refractivity contribution in [2.75, 3.05) is 18.0 Å². The molecule has 0 aliphatic carbocycles. The second-order valence-electron chi connectivity index (χ2n) is 7.50. The second kappa shape index (κ2) is 7.67. The van der Waals surface area contributed by atoms with Crippen LogP contribution < -0.4 is 10.2 Å². The lowest BCUT2D eigenvalue weighted by molar-refractivity contribution is 0.600. The molecule has 1 unspecified atom stereocenters. The highest BCUT2D eigenvalue weighted by atomic mass is 15.2. The third-order valence-electron chi connectivity index (χ3n) is 5.38. The molecule has 1 aliphatic heterocycles. The highest BCUT2D eigenvalue weighted by Gasteiger charge is 2.26. The Hall–Kier alpha value is -2.06.